The van der Waals surface area contributed by atoms with Gasteiger partial charge in [-0.3, -0.25) is 0 Å². The molecule has 0 aliphatic carbocycles. The van der Waals surface area contributed by atoms with Gasteiger partial charge in [0, 0.05) is 16.7 Å². The molecule has 0 saturated carbocycles. The predicted octanol–water partition coefficient (Wildman–Crippen LogP) is 3.35. The Bertz CT molecular complexity index is 712. The van der Waals surface area contributed by atoms with Crippen LogP contribution in [0.2, 0.25) is 0 Å². The first-order valence-electron chi connectivity index (χ1n) is 6.98. The molecule has 3 rings (SSSR count). The third-order valence-electron chi connectivity index (χ3n) is 3.32. The molecule has 0 saturated heterocycles. The molecule has 108 valence electrons. The van der Waals surface area contributed by atoms with E-state index in [9.17, 15) is 0 Å². The molecule has 0 atom stereocenters. The van der Waals surface area contributed by atoms with E-state index in [1.165, 1.54) is 5.30 Å². The minimum absolute atomic E-state index is 0.835. The molecule has 0 fully saturated rings. The van der Waals surface area contributed by atoms with E-state index < -0.39 is 8.22 Å². The number of nitrogens with zero attached hydrogens (tertiary/aromatic N) is 4. The predicted molar refractivity (Wildman–Crippen MR) is 87.2 cm³/mol. The molecule has 0 unspecified atom stereocenters. The Morgan fingerprint density at radius 1 is 0.762 bits per heavy atom. The number of rotatable bonds is 3. The second kappa shape index (κ2) is 5.45. The summed E-state index contributed by atoms with van der Waals surface area (Å²) in [5.41, 5.74) is 4.40. The van der Waals surface area contributed by atoms with Crippen LogP contribution in [0.25, 0.3) is 0 Å². The summed E-state index contributed by atoms with van der Waals surface area (Å²) in [6.45, 7) is 8.26. The van der Waals surface area contributed by atoms with E-state index in [1.807, 2.05) is 19.9 Å². The molecule has 0 aliphatic heterocycles. The maximum absolute atomic E-state index is 4.70. The van der Waals surface area contributed by atoms with Gasteiger partial charge in [0.15, 0.2) is 8.22 Å². The fourth-order valence-electron chi connectivity index (χ4n) is 2.48. The molecule has 2 aromatic heterocycles. The molecule has 0 N–H and O–H groups in total. The Balaban J connectivity index is 2.21. The van der Waals surface area contributed by atoms with Crippen LogP contribution in [0.15, 0.2) is 42.5 Å². The Morgan fingerprint density at radius 3 is 1.62 bits per heavy atom. The fraction of sp³-hybridized carbons (Fsp3) is 0.250. The highest BCUT2D eigenvalue weighted by molar-refractivity contribution is 7.62. The Morgan fingerprint density at radius 2 is 1.24 bits per heavy atom. The van der Waals surface area contributed by atoms with Gasteiger partial charge < -0.3 is 0 Å². The van der Waals surface area contributed by atoms with Crippen LogP contribution < -0.4 is 5.30 Å². The maximum atomic E-state index is 4.70. The van der Waals surface area contributed by atoms with E-state index in [2.05, 4.69) is 59.2 Å². The normalized spacial score (nSPS) is 11.3. The summed E-state index contributed by atoms with van der Waals surface area (Å²) < 4.78 is 4.22. The van der Waals surface area contributed by atoms with Crippen molar-refractivity contribution in [2.45, 2.75) is 27.7 Å². The van der Waals surface area contributed by atoms with Gasteiger partial charge in [-0.25, -0.2) is 8.90 Å². The van der Waals surface area contributed by atoms with Gasteiger partial charge in [-0.05, 0) is 39.8 Å². The zero-order valence-corrected chi connectivity index (χ0v) is 13.7. The summed E-state index contributed by atoms with van der Waals surface area (Å²) in [6.07, 6.45) is 0. The Kier molecular flexibility index (Phi) is 3.64. The van der Waals surface area contributed by atoms with Gasteiger partial charge in [-0.15, -0.1) is 0 Å². The molecule has 0 radical (unpaired) electrons. The van der Waals surface area contributed by atoms with Crippen LogP contribution in [-0.4, -0.2) is 19.1 Å². The van der Waals surface area contributed by atoms with E-state index in [1.54, 1.807) is 0 Å². The van der Waals surface area contributed by atoms with Crippen molar-refractivity contribution in [1.29, 1.82) is 0 Å². The highest BCUT2D eigenvalue weighted by Crippen LogP contribution is 2.39. The van der Waals surface area contributed by atoms with E-state index in [0.717, 1.165) is 22.8 Å². The summed E-state index contributed by atoms with van der Waals surface area (Å²) in [6, 6.07) is 14.7. The maximum Gasteiger partial charge on any atom is 0.171 e. The second-order valence-corrected chi connectivity index (χ2v) is 7.11. The number of hydrogen-bond acceptors (Lipinski definition) is 2. The minimum Gasteiger partial charge on any atom is -0.222 e. The fourth-order valence-corrected chi connectivity index (χ4v) is 4.68. The van der Waals surface area contributed by atoms with Crippen LogP contribution in [0.5, 0.6) is 0 Å². The first-order chi connectivity index (χ1) is 10.1. The van der Waals surface area contributed by atoms with Crippen molar-refractivity contribution in [2.75, 3.05) is 0 Å². The molecular weight excluding hydrogens is 279 g/mol. The average Bonchev–Trinajstić information content (AvgIpc) is 2.94. The molecule has 2 heterocycles. The van der Waals surface area contributed by atoms with Crippen LogP contribution in [0.4, 0.5) is 0 Å². The zero-order valence-electron chi connectivity index (χ0n) is 12.8. The van der Waals surface area contributed by atoms with Crippen molar-refractivity contribution < 1.29 is 0 Å². The van der Waals surface area contributed by atoms with Crippen LogP contribution in [0.3, 0.4) is 0 Å². The van der Waals surface area contributed by atoms with Crippen LogP contribution in [0, 0.1) is 27.7 Å². The van der Waals surface area contributed by atoms with Gasteiger partial charge in [0.05, 0.1) is 11.4 Å². The highest BCUT2D eigenvalue weighted by Gasteiger charge is 2.22. The van der Waals surface area contributed by atoms with Gasteiger partial charge in [-0.2, -0.15) is 10.2 Å². The largest absolute Gasteiger partial charge is 0.222 e. The number of hydrogen-bond donors (Lipinski definition) is 0. The van der Waals surface area contributed by atoms with Crippen molar-refractivity contribution in [3.05, 3.63) is 65.2 Å². The molecule has 21 heavy (non-hydrogen) atoms. The second-order valence-electron chi connectivity index (χ2n) is 5.26. The number of benzene rings is 1. The average molecular weight is 298 g/mol. The summed E-state index contributed by atoms with van der Waals surface area (Å²) >= 11 is 0. The molecule has 0 spiro atoms. The van der Waals surface area contributed by atoms with E-state index in [4.69, 9.17) is 10.2 Å². The lowest BCUT2D eigenvalue weighted by atomic mass is 10.4. The molecular formula is C16H19N4P. The summed E-state index contributed by atoms with van der Waals surface area (Å²) in [5, 5.41) is 10.6. The third kappa shape index (κ3) is 2.64. The van der Waals surface area contributed by atoms with Crippen molar-refractivity contribution in [2.24, 2.45) is 0 Å². The standard InChI is InChI=1S/C16H19N4P/c1-12-10-14(3)19(17-12)21(16-8-6-5-7-9-16)20-15(4)11-13(2)18-20/h5-11H,1-4H3. The topological polar surface area (TPSA) is 35.6 Å². The van der Waals surface area contributed by atoms with Gasteiger partial charge in [0.25, 0.3) is 0 Å². The van der Waals surface area contributed by atoms with Gasteiger partial charge in [-0.1, -0.05) is 30.3 Å². The zero-order chi connectivity index (χ0) is 15.0. The first kappa shape index (κ1) is 14.0. The lowest BCUT2D eigenvalue weighted by molar-refractivity contribution is 0.861. The van der Waals surface area contributed by atoms with Crippen molar-refractivity contribution >= 4 is 13.5 Å². The van der Waals surface area contributed by atoms with Crippen molar-refractivity contribution in [1.82, 2.24) is 19.1 Å². The summed E-state index contributed by atoms with van der Waals surface area (Å²) in [7, 11) is -0.835. The van der Waals surface area contributed by atoms with E-state index in [-0.39, 0.29) is 0 Å². The van der Waals surface area contributed by atoms with E-state index >= 15 is 0 Å². The van der Waals surface area contributed by atoms with Crippen LogP contribution >= 0.6 is 8.22 Å². The third-order valence-corrected chi connectivity index (χ3v) is 5.61. The van der Waals surface area contributed by atoms with Gasteiger partial charge in [0.1, 0.15) is 0 Å². The number of aromatic nitrogens is 4. The molecule has 3 aromatic rings. The Hall–Kier alpha value is -1.93. The Labute approximate surface area is 126 Å². The quantitative estimate of drug-likeness (QED) is 0.695. The lowest BCUT2D eigenvalue weighted by Crippen LogP contribution is -2.17. The van der Waals surface area contributed by atoms with Crippen molar-refractivity contribution in [3.8, 4) is 0 Å². The smallest absolute Gasteiger partial charge is 0.171 e. The first-order valence-corrected chi connectivity index (χ1v) is 8.23. The monoisotopic (exact) mass is 298 g/mol. The molecule has 0 amide bonds. The van der Waals surface area contributed by atoms with Crippen LogP contribution in [-0.2, 0) is 0 Å². The summed E-state index contributed by atoms with van der Waals surface area (Å²) in [4.78, 5) is 0. The van der Waals surface area contributed by atoms with E-state index in [0.29, 0.717) is 0 Å². The SMILES string of the molecule is Cc1cc(C)n(P(c2ccccc2)n2nc(C)cc2C)n1. The molecule has 4 nitrogen and oxygen atoms in total. The minimum atomic E-state index is -0.835. The van der Waals surface area contributed by atoms with Crippen molar-refractivity contribution in [3.63, 3.8) is 0 Å². The van der Waals surface area contributed by atoms with Gasteiger partial charge in [0.2, 0.25) is 0 Å². The highest BCUT2D eigenvalue weighted by atomic mass is 31.1. The molecule has 0 aliphatic rings. The molecule has 0 bridgehead atoms. The summed E-state index contributed by atoms with van der Waals surface area (Å²) in [5.74, 6) is 0. The number of aryl methyl sites for hydroxylation is 4. The van der Waals surface area contributed by atoms with Crippen LogP contribution in [0.1, 0.15) is 22.8 Å². The molecule has 5 heteroatoms. The van der Waals surface area contributed by atoms with Gasteiger partial charge >= 0.3 is 0 Å². The lowest BCUT2D eigenvalue weighted by Gasteiger charge is -2.20. The molecule has 1 aromatic carbocycles.